The molecular weight excluding hydrogens is 260 g/mol. The van der Waals surface area contributed by atoms with Gasteiger partial charge >= 0.3 is 0 Å². The molecule has 1 aromatic rings. The lowest BCUT2D eigenvalue weighted by Crippen LogP contribution is -2.43. The summed E-state index contributed by atoms with van der Waals surface area (Å²) in [6.07, 6.45) is 8.15. The van der Waals surface area contributed by atoms with Gasteiger partial charge < -0.3 is 4.90 Å². The summed E-state index contributed by atoms with van der Waals surface area (Å²) in [5.41, 5.74) is 2.86. The van der Waals surface area contributed by atoms with Crippen molar-refractivity contribution in [1.29, 1.82) is 5.26 Å². The van der Waals surface area contributed by atoms with Crippen molar-refractivity contribution < 1.29 is 0 Å². The van der Waals surface area contributed by atoms with Gasteiger partial charge in [0.05, 0.1) is 5.69 Å². The molecule has 0 aromatic carbocycles. The highest BCUT2D eigenvalue weighted by Crippen LogP contribution is 2.39. The third kappa shape index (κ3) is 2.39. The maximum Gasteiger partial charge on any atom is 0.169 e. The number of nitriles is 1. The Bertz CT molecular complexity index is 561. The first-order valence-corrected chi connectivity index (χ1v) is 8.35. The molecule has 4 heteroatoms. The van der Waals surface area contributed by atoms with Crippen LogP contribution in [0.15, 0.2) is 0 Å². The van der Waals surface area contributed by atoms with Gasteiger partial charge in [-0.25, -0.2) is 0 Å². The van der Waals surface area contributed by atoms with Crippen LogP contribution >= 0.6 is 0 Å². The third-order valence-electron chi connectivity index (χ3n) is 5.20. The Morgan fingerprint density at radius 2 is 1.95 bits per heavy atom. The predicted molar refractivity (Wildman–Crippen MR) is 83.2 cm³/mol. The van der Waals surface area contributed by atoms with Crippen molar-refractivity contribution >= 4 is 5.82 Å². The fraction of sp³-hybridized carbons (Fsp3) is 0.706. The highest BCUT2D eigenvalue weighted by Gasteiger charge is 2.37. The Kier molecular flexibility index (Phi) is 4.10. The number of hydrogen-bond donors (Lipinski definition) is 0. The van der Waals surface area contributed by atoms with Crippen molar-refractivity contribution in [3.63, 3.8) is 0 Å². The average Bonchev–Trinajstić information content (AvgIpc) is 3.01. The van der Waals surface area contributed by atoms with Gasteiger partial charge in [-0.2, -0.15) is 10.4 Å². The van der Waals surface area contributed by atoms with E-state index in [1.54, 1.807) is 0 Å². The Morgan fingerprint density at radius 1 is 1.14 bits per heavy atom. The van der Waals surface area contributed by atoms with Crippen LogP contribution in [-0.4, -0.2) is 22.8 Å². The maximum atomic E-state index is 9.68. The zero-order valence-electron chi connectivity index (χ0n) is 13.1. The fourth-order valence-corrected chi connectivity index (χ4v) is 4.20. The Morgan fingerprint density at radius 3 is 2.67 bits per heavy atom. The summed E-state index contributed by atoms with van der Waals surface area (Å²) in [6.45, 7) is 5.21. The average molecular weight is 284 g/mol. The largest absolute Gasteiger partial charge is 0.351 e. The summed E-state index contributed by atoms with van der Waals surface area (Å²) in [4.78, 5) is 2.39. The van der Waals surface area contributed by atoms with Crippen LogP contribution in [-0.2, 0) is 12.8 Å². The maximum absolute atomic E-state index is 9.68. The number of nitrogens with zero attached hydrogens (tertiary/aromatic N) is 4. The molecule has 0 amide bonds. The van der Waals surface area contributed by atoms with Crippen LogP contribution < -0.4 is 4.90 Å². The van der Waals surface area contributed by atoms with Gasteiger partial charge in [0.25, 0.3) is 0 Å². The summed E-state index contributed by atoms with van der Waals surface area (Å²) in [5, 5.41) is 18.6. The Hall–Kier alpha value is -1.63. The number of aromatic nitrogens is 2. The van der Waals surface area contributed by atoms with Gasteiger partial charge in [-0.1, -0.05) is 20.3 Å². The van der Waals surface area contributed by atoms with Gasteiger partial charge in [0.1, 0.15) is 11.6 Å². The molecule has 0 radical (unpaired) electrons. The SMILES string of the molecule is CCc1nnc(N2CCCC3CCCC32)c(C#N)c1CC. The molecule has 2 unspecified atom stereocenters. The van der Waals surface area contributed by atoms with Crippen LogP contribution in [0.2, 0.25) is 0 Å². The molecule has 0 bridgehead atoms. The number of rotatable bonds is 3. The lowest BCUT2D eigenvalue weighted by atomic mass is 9.91. The quantitative estimate of drug-likeness (QED) is 0.855. The van der Waals surface area contributed by atoms with Crippen molar-refractivity contribution in [2.45, 2.75) is 64.8 Å². The fourth-order valence-electron chi connectivity index (χ4n) is 4.20. The molecule has 1 aromatic heterocycles. The van der Waals surface area contributed by atoms with Crippen LogP contribution in [0.5, 0.6) is 0 Å². The van der Waals surface area contributed by atoms with E-state index >= 15 is 0 Å². The Labute approximate surface area is 127 Å². The summed E-state index contributed by atoms with van der Waals surface area (Å²) in [5.74, 6) is 1.64. The molecular formula is C17H24N4. The van der Waals surface area contributed by atoms with Gasteiger partial charge in [-0.05, 0) is 50.0 Å². The van der Waals surface area contributed by atoms with Crippen LogP contribution in [0.1, 0.15) is 62.8 Å². The smallest absolute Gasteiger partial charge is 0.169 e. The molecule has 2 aliphatic rings. The minimum atomic E-state index is 0.581. The molecule has 1 saturated heterocycles. The minimum absolute atomic E-state index is 0.581. The zero-order valence-corrected chi connectivity index (χ0v) is 13.1. The van der Waals surface area contributed by atoms with Gasteiger partial charge in [0.15, 0.2) is 5.82 Å². The summed E-state index contributed by atoms with van der Waals surface area (Å²) < 4.78 is 0. The van der Waals surface area contributed by atoms with E-state index in [1.165, 1.54) is 32.1 Å². The standard InChI is InChI=1S/C17H24N4/c1-3-13-14(11-18)17(20-19-15(13)4-2)21-10-6-8-12-7-5-9-16(12)21/h12,16H,3-10H2,1-2H3. The number of aryl methyl sites for hydroxylation is 1. The van der Waals surface area contributed by atoms with Crippen LogP contribution in [0.25, 0.3) is 0 Å². The highest BCUT2D eigenvalue weighted by molar-refractivity contribution is 5.59. The summed E-state index contributed by atoms with van der Waals surface area (Å²) >= 11 is 0. The van der Waals surface area contributed by atoms with Crippen LogP contribution in [0.3, 0.4) is 0 Å². The van der Waals surface area contributed by atoms with E-state index in [0.29, 0.717) is 6.04 Å². The number of hydrogen-bond acceptors (Lipinski definition) is 4. The molecule has 0 spiro atoms. The van der Waals surface area contributed by atoms with E-state index in [0.717, 1.165) is 47.9 Å². The van der Waals surface area contributed by atoms with E-state index < -0.39 is 0 Å². The molecule has 2 heterocycles. The van der Waals surface area contributed by atoms with E-state index in [1.807, 2.05) is 0 Å². The van der Waals surface area contributed by atoms with Crippen molar-refractivity contribution in [2.24, 2.45) is 5.92 Å². The van der Waals surface area contributed by atoms with Gasteiger partial charge in [-0.15, -0.1) is 5.10 Å². The molecule has 0 N–H and O–H groups in total. The van der Waals surface area contributed by atoms with Crippen molar-refractivity contribution in [1.82, 2.24) is 10.2 Å². The second-order valence-corrected chi connectivity index (χ2v) is 6.24. The summed E-state index contributed by atoms with van der Waals surface area (Å²) in [7, 11) is 0. The number of fused-ring (bicyclic) bond motifs is 1. The van der Waals surface area contributed by atoms with E-state index in [-0.39, 0.29) is 0 Å². The first-order chi connectivity index (χ1) is 10.3. The normalized spacial score (nSPS) is 24.7. The predicted octanol–water partition coefficient (Wildman–Crippen LogP) is 3.24. The van der Waals surface area contributed by atoms with Crippen LogP contribution in [0.4, 0.5) is 5.82 Å². The van der Waals surface area contributed by atoms with E-state index in [9.17, 15) is 5.26 Å². The second kappa shape index (κ2) is 6.01. The third-order valence-corrected chi connectivity index (χ3v) is 5.20. The zero-order chi connectivity index (χ0) is 14.8. The van der Waals surface area contributed by atoms with Gasteiger partial charge in [0.2, 0.25) is 0 Å². The minimum Gasteiger partial charge on any atom is -0.351 e. The lowest BCUT2D eigenvalue weighted by molar-refractivity contribution is 0.359. The van der Waals surface area contributed by atoms with Crippen LogP contribution in [0, 0.1) is 17.2 Å². The molecule has 1 saturated carbocycles. The first-order valence-electron chi connectivity index (χ1n) is 8.35. The molecule has 2 fully saturated rings. The van der Waals surface area contributed by atoms with Crippen molar-refractivity contribution in [3.05, 3.63) is 16.8 Å². The second-order valence-electron chi connectivity index (χ2n) is 6.24. The van der Waals surface area contributed by atoms with Gasteiger partial charge in [-0.3, -0.25) is 0 Å². The molecule has 21 heavy (non-hydrogen) atoms. The first kappa shape index (κ1) is 14.3. The Balaban J connectivity index is 2.03. The molecule has 112 valence electrons. The van der Waals surface area contributed by atoms with E-state index in [2.05, 4.69) is 35.0 Å². The van der Waals surface area contributed by atoms with Crippen molar-refractivity contribution in [2.75, 3.05) is 11.4 Å². The van der Waals surface area contributed by atoms with E-state index in [4.69, 9.17) is 0 Å². The van der Waals surface area contributed by atoms with Gasteiger partial charge in [0, 0.05) is 12.6 Å². The molecule has 2 atom stereocenters. The molecule has 1 aliphatic heterocycles. The lowest BCUT2D eigenvalue weighted by Gasteiger charge is -2.39. The monoisotopic (exact) mass is 284 g/mol. The highest BCUT2D eigenvalue weighted by atomic mass is 15.3. The number of anilines is 1. The topological polar surface area (TPSA) is 52.8 Å². The molecule has 4 nitrogen and oxygen atoms in total. The molecule has 1 aliphatic carbocycles. The van der Waals surface area contributed by atoms with Crippen molar-refractivity contribution in [3.8, 4) is 6.07 Å². The molecule has 3 rings (SSSR count). The number of piperidine rings is 1. The summed E-state index contributed by atoms with van der Waals surface area (Å²) in [6, 6.07) is 3.00.